The zero-order chi connectivity index (χ0) is 62.5. The highest BCUT2D eigenvalue weighted by atomic mass is 32.2. The normalized spacial score (nSPS) is 12.6. The minimum Gasteiger partial charge on any atom is -0.311 e. The van der Waals surface area contributed by atoms with Crippen LogP contribution in [-0.2, 0) is 5.41 Å². The van der Waals surface area contributed by atoms with Crippen LogP contribution in [0.4, 0.5) is 17.1 Å². The van der Waals surface area contributed by atoms with Crippen LogP contribution in [0, 0.1) is 0 Å². The van der Waals surface area contributed by atoms with Gasteiger partial charge in [-0.25, -0.2) is 0 Å². The molecule has 0 saturated heterocycles. The summed E-state index contributed by atoms with van der Waals surface area (Å²) >= 11 is 1.98. The molecule has 0 fully saturated rings. The van der Waals surface area contributed by atoms with Gasteiger partial charge in [-0.3, -0.25) is 0 Å². The molecular weight excluding hydrogens is 1170 g/mol. The molecular formula is C88H68BNSSi2. The first kappa shape index (κ1) is 57.9. The largest absolute Gasteiger partial charge is 0.311 e. The number of anilines is 3. The molecule has 0 unspecified atom stereocenters. The zero-order valence-corrected chi connectivity index (χ0v) is 55.3. The summed E-state index contributed by atoms with van der Waals surface area (Å²) in [7, 11) is -6.38. The van der Waals surface area contributed by atoms with Gasteiger partial charge < -0.3 is 4.90 Å². The van der Waals surface area contributed by atoms with Gasteiger partial charge in [0.05, 0.1) is 0 Å². The van der Waals surface area contributed by atoms with Crippen LogP contribution in [0.5, 0.6) is 0 Å². The first-order valence-corrected chi connectivity index (χ1v) is 37.3. The number of rotatable bonds is 13. The van der Waals surface area contributed by atoms with E-state index in [0.717, 1.165) is 5.69 Å². The topological polar surface area (TPSA) is 3.24 Å². The Morgan fingerprint density at radius 3 is 1.08 bits per heavy atom. The van der Waals surface area contributed by atoms with Crippen molar-refractivity contribution < 1.29 is 0 Å². The Kier molecular flexibility index (Phi) is 15.0. The fourth-order valence-corrected chi connectivity index (χ4v) is 26.2. The fourth-order valence-electron chi connectivity index (χ4n) is 15.1. The molecule has 2 heterocycles. The van der Waals surface area contributed by atoms with Crippen molar-refractivity contribution in [3.63, 3.8) is 0 Å². The molecule has 14 aromatic carbocycles. The highest BCUT2D eigenvalue weighted by Crippen LogP contribution is 2.45. The molecule has 0 radical (unpaired) electrons. The first-order valence-electron chi connectivity index (χ1n) is 32.5. The van der Waals surface area contributed by atoms with E-state index in [9.17, 15) is 0 Å². The summed E-state index contributed by atoms with van der Waals surface area (Å²) in [5, 5.41) is 10.8. The van der Waals surface area contributed by atoms with Crippen molar-refractivity contribution in [2.75, 3.05) is 4.90 Å². The van der Waals surface area contributed by atoms with Gasteiger partial charge in [0.15, 0.2) is 16.1 Å². The molecule has 16 rings (SSSR count). The predicted molar refractivity (Wildman–Crippen MR) is 404 cm³/mol. The number of hydrogen-bond acceptors (Lipinski definition) is 2. The van der Waals surface area contributed by atoms with E-state index < -0.39 is 16.1 Å². The Hall–Kier alpha value is -10.3. The van der Waals surface area contributed by atoms with Gasteiger partial charge >= 0.3 is 0 Å². The number of benzene rings is 14. The van der Waals surface area contributed by atoms with Crippen LogP contribution in [0.15, 0.2) is 368 Å². The second kappa shape index (κ2) is 24.1. The van der Waals surface area contributed by atoms with Crippen LogP contribution in [0.3, 0.4) is 0 Å². The highest BCUT2D eigenvalue weighted by molar-refractivity contribution is 8.00. The van der Waals surface area contributed by atoms with Gasteiger partial charge in [0, 0.05) is 26.9 Å². The van der Waals surface area contributed by atoms with Crippen molar-refractivity contribution in [3.05, 3.63) is 363 Å². The third-order valence-electron chi connectivity index (χ3n) is 19.5. The first-order chi connectivity index (χ1) is 45.7. The van der Waals surface area contributed by atoms with Crippen molar-refractivity contribution in [1.82, 2.24) is 0 Å². The average Bonchev–Trinajstić information content (AvgIpc) is 0.700. The molecule has 93 heavy (non-hydrogen) atoms. The van der Waals surface area contributed by atoms with Crippen molar-refractivity contribution >= 4 is 110 Å². The lowest BCUT2D eigenvalue weighted by atomic mass is 9.35. The van der Waals surface area contributed by atoms with Crippen LogP contribution in [0.2, 0.25) is 0 Å². The molecule has 0 aromatic heterocycles. The van der Waals surface area contributed by atoms with Crippen molar-refractivity contribution in [1.29, 1.82) is 0 Å². The molecule has 442 valence electrons. The Morgan fingerprint density at radius 1 is 0.269 bits per heavy atom. The summed E-state index contributed by atoms with van der Waals surface area (Å²) in [5.74, 6) is 0. The molecule has 0 saturated carbocycles. The minimum absolute atomic E-state index is 0.0858. The number of hydrogen-bond donors (Lipinski definition) is 0. The van der Waals surface area contributed by atoms with E-state index in [1.807, 2.05) is 11.8 Å². The molecule has 0 aliphatic carbocycles. The lowest BCUT2D eigenvalue weighted by Crippen LogP contribution is -2.75. The van der Waals surface area contributed by atoms with Crippen LogP contribution in [0.25, 0.3) is 44.5 Å². The van der Waals surface area contributed by atoms with Crippen LogP contribution < -0.4 is 62.8 Å². The zero-order valence-electron chi connectivity index (χ0n) is 52.5. The maximum Gasteiger partial charge on any atom is 0.249 e. The Morgan fingerprint density at radius 2 is 0.634 bits per heavy atom. The van der Waals surface area contributed by atoms with E-state index in [1.165, 1.54) is 129 Å². The standard InChI is InChI=1S/C88H68BNSSi2/c1-88(2,3)71-50-52-81-83(59-71)90(72-55-69(65-34-16-6-17-35-65)54-70(56-72)66-36-18-7-19-37-66)84-60-80(93(75-44-24-10-25-45-75,76-46-26-11-27-47-76)78-49-29-39-68(58-78)64-32-14-5-15-33-64)62-86-87(84)89(81)82-53-51-79(61-85(82)91-86)92(73-40-20-8-21-41-73,74-42-22-9-23-43-74)77-48-28-38-67(57-77)63-30-12-4-13-31-63/h4-62H,1-3H3. The fraction of sp³-hybridized carbons (Fsp3) is 0.0455. The summed E-state index contributed by atoms with van der Waals surface area (Å²) in [6.07, 6.45) is 0. The molecule has 0 spiro atoms. The quantitative estimate of drug-likeness (QED) is 0.0836. The predicted octanol–water partition coefficient (Wildman–Crippen LogP) is 15.2. The van der Waals surface area contributed by atoms with Gasteiger partial charge in [0.2, 0.25) is 6.71 Å². The number of fused-ring (bicyclic) bond motifs is 4. The van der Waals surface area contributed by atoms with Gasteiger partial charge in [-0.2, -0.15) is 0 Å². The average molecular weight is 1240 g/mol. The summed E-state index contributed by atoms with van der Waals surface area (Å²) in [4.78, 5) is 5.27. The minimum atomic E-state index is -3.29. The van der Waals surface area contributed by atoms with Gasteiger partial charge in [-0.1, -0.05) is 353 Å². The molecule has 0 bridgehead atoms. The molecule has 0 amide bonds. The SMILES string of the molecule is CC(C)(C)c1ccc2c(c1)N(c1cc(-c3ccccc3)cc(-c3ccccc3)c1)c1cc([Si](c3ccccc3)(c3ccccc3)c3cccc(-c4ccccc4)c3)cc3c1B2c1ccc([Si](c2ccccc2)(c2ccccc2)c2cccc(-c4ccccc4)c2)cc1S3. The van der Waals surface area contributed by atoms with Gasteiger partial charge in [-0.15, -0.1) is 0 Å². The van der Waals surface area contributed by atoms with Crippen LogP contribution in [-0.4, -0.2) is 22.9 Å². The summed E-state index contributed by atoms with van der Waals surface area (Å²) in [6.45, 7) is 6.99. The van der Waals surface area contributed by atoms with Crippen LogP contribution >= 0.6 is 11.8 Å². The molecule has 14 aromatic rings. The van der Waals surface area contributed by atoms with E-state index in [2.05, 4.69) is 384 Å². The highest BCUT2D eigenvalue weighted by Gasteiger charge is 2.48. The van der Waals surface area contributed by atoms with E-state index >= 15 is 0 Å². The van der Waals surface area contributed by atoms with Crippen molar-refractivity contribution in [2.45, 2.75) is 36.0 Å². The molecule has 0 atom stereocenters. The second-order valence-electron chi connectivity index (χ2n) is 25.9. The van der Waals surface area contributed by atoms with Crippen LogP contribution in [0.1, 0.15) is 26.3 Å². The van der Waals surface area contributed by atoms with E-state index in [1.54, 1.807) is 0 Å². The van der Waals surface area contributed by atoms with Gasteiger partial charge in [0.1, 0.15) is 0 Å². The lowest BCUT2D eigenvalue weighted by Gasteiger charge is -2.43. The third-order valence-corrected chi connectivity index (χ3v) is 30.1. The molecule has 1 nitrogen and oxygen atoms in total. The van der Waals surface area contributed by atoms with E-state index in [-0.39, 0.29) is 12.1 Å². The summed E-state index contributed by atoms with van der Waals surface area (Å²) in [5.41, 5.74) is 18.3. The Bertz CT molecular complexity index is 4890. The van der Waals surface area contributed by atoms with Gasteiger partial charge in [-0.05, 0) is 150 Å². The Balaban J connectivity index is 1.02. The Labute approximate surface area is 554 Å². The van der Waals surface area contributed by atoms with E-state index in [4.69, 9.17) is 0 Å². The maximum atomic E-state index is 2.68. The smallest absolute Gasteiger partial charge is 0.249 e. The molecule has 2 aliphatic rings. The maximum absolute atomic E-state index is 3.29. The second-order valence-corrected chi connectivity index (χ2v) is 34.6. The number of nitrogens with zero attached hydrogens (tertiary/aromatic N) is 1. The molecule has 0 N–H and O–H groups in total. The van der Waals surface area contributed by atoms with Gasteiger partial charge in [0.25, 0.3) is 0 Å². The lowest BCUT2D eigenvalue weighted by molar-refractivity contribution is 0.590. The molecule has 5 heteroatoms. The summed E-state index contributed by atoms with van der Waals surface area (Å²) < 4.78 is 0. The molecule has 2 aliphatic heterocycles. The summed E-state index contributed by atoms with van der Waals surface area (Å²) in [6, 6.07) is 137. The van der Waals surface area contributed by atoms with Crippen molar-refractivity contribution in [2.24, 2.45) is 0 Å². The monoisotopic (exact) mass is 1240 g/mol. The van der Waals surface area contributed by atoms with E-state index in [0.29, 0.717) is 0 Å². The third kappa shape index (κ3) is 10.2. The van der Waals surface area contributed by atoms with Crippen molar-refractivity contribution in [3.8, 4) is 44.5 Å².